The van der Waals surface area contributed by atoms with Gasteiger partial charge in [0.25, 0.3) is 0 Å². The molecular formula is C27H21N. The highest BCUT2D eigenvalue weighted by Gasteiger charge is 2.06. The monoisotopic (exact) mass is 359 g/mol. The highest BCUT2D eigenvalue weighted by Crippen LogP contribution is 2.31. The van der Waals surface area contributed by atoms with Crippen LogP contribution < -0.4 is 4.90 Å². The van der Waals surface area contributed by atoms with Crippen molar-refractivity contribution in [1.29, 1.82) is 0 Å². The minimum atomic E-state index is 1.19. The van der Waals surface area contributed by atoms with Gasteiger partial charge in [0.1, 0.15) is 0 Å². The Morgan fingerprint density at radius 1 is 0.429 bits per heavy atom. The molecule has 0 atom stereocenters. The molecule has 0 saturated heterocycles. The van der Waals surface area contributed by atoms with Crippen LogP contribution in [0.3, 0.4) is 0 Å². The number of nitrogens with zero attached hydrogens (tertiary/aromatic N) is 1. The van der Waals surface area contributed by atoms with Crippen molar-refractivity contribution < 1.29 is 0 Å². The molecule has 0 aromatic heterocycles. The van der Waals surface area contributed by atoms with Crippen LogP contribution in [-0.2, 0) is 0 Å². The number of hydrogen-bond acceptors (Lipinski definition) is 1. The van der Waals surface area contributed by atoms with Gasteiger partial charge in [-0.25, -0.2) is 0 Å². The second-order valence-electron chi connectivity index (χ2n) is 7.20. The average molecular weight is 359 g/mol. The molecule has 5 aromatic rings. The van der Waals surface area contributed by atoms with Gasteiger partial charge in [-0.1, -0.05) is 72.8 Å². The molecule has 1 heteroatoms. The zero-order valence-corrected chi connectivity index (χ0v) is 15.8. The zero-order valence-electron chi connectivity index (χ0n) is 15.8. The maximum Gasteiger partial charge on any atom is 0.0414 e. The van der Waals surface area contributed by atoms with Gasteiger partial charge in [0, 0.05) is 18.4 Å². The highest BCUT2D eigenvalue weighted by atomic mass is 15.1. The standard InChI is InChI=1S/C27H21N/c1-28(26-9-3-2-4-10-26)27-16-15-24-18-23(13-14-25(24)19-27)22-12-11-20-7-5-6-8-21(20)17-22/h2-19H,1H3. The molecule has 5 rings (SSSR count). The van der Waals surface area contributed by atoms with E-state index < -0.39 is 0 Å². The van der Waals surface area contributed by atoms with Gasteiger partial charge in [0.15, 0.2) is 0 Å². The molecule has 134 valence electrons. The first-order chi connectivity index (χ1) is 13.8. The molecule has 5 aromatic carbocycles. The minimum Gasteiger partial charge on any atom is -0.345 e. The van der Waals surface area contributed by atoms with Gasteiger partial charge in [-0.05, 0) is 69.1 Å². The van der Waals surface area contributed by atoms with E-state index in [1.54, 1.807) is 0 Å². The number of fused-ring (bicyclic) bond motifs is 2. The zero-order chi connectivity index (χ0) is 18.9. The van der Waals surface area contributed by atoms with Crippen molar-refractivity contribution in [3.05, 3.63) is 109 Å². The molecule has 0 radical (unpaired) electrons. The fraction of sp³-hybridized carbons (Fsp3) is 0.0370. The molecule has 0 amide bonds. The number of benzene rings is 5. The van der Waals surface area contributed by atoms with E-state index in [1.165, 1.54) is 44.0 Å². The summed E-state index contributed by atoms with van der Waals surface area (Å²) in [7, 11) is 2.11. The van der Waals surface area contributed by atoms with Gasteiger partial charge in [-0.2, -0.15) is 0 Å². The maximum atomic E-state index is 2.28. The van der Waals surface area contributed by atoms with E-state index in [1.807, 2.05) is 6.07 Å². The van der Waals surface area contributed by atoms with Crippen molar-refractivity contribution in [2.24, 2.45) is 0 Å². The van der Waals surface area contributed by atoms with Gasteiger partial charge in [-0.15, -0.1) is 0 Å². The molecule has 0 N–H and O–H groups in total. The summed E-state index contributed by atoms with van der Waals surface area (Å²) in [6.07, 6.45) is 0. The van der Waals surface area contributed by atoms with Crippen molar-refractivity contribution in [3.63, 3.8) is 0 Å². The molecule has 0 spiro atoms. The van der Waals surface area contributed by atoms with E-state index in [-0.39, 0.29) is 0 Å². The molecule has 0 aliphatic heterocycles. The summed E-state index contributed by atoms with van der Waals surface area (Å²) in [5.41, 5.74) is 4.89. The molecule has 0 aliphatic rings. The lowest BCUT2D eigenvalue weighted by Crippen LogP contribution is -2.08. The predicted octanol–water partition coefficient (Wildman–Crippen LogP) is 7.43. The number of anilines is 2. The first kappa shape index (κ1) is 16.6. The van der Waals surface area contributed by atoms with E-state index >= 15 is 0 Å². The largest absolute Gasteiger partial charge is 0.345 e. The SMILES string of the molecule is CN(c1ccccc1)c1ccc2cc(-c3ccc4ccccc4c3)ccc2c1. The topological polar surface area (TPSA) is 3.24 Å². The Labute approximate surface area is 165 Å². The third-order valence-corrected chi connectivity index (χ3v) is 5.44. The Morgan fingerprint density at radius 2 is 0.964 bits per heavy atom. The lowest BCUT2D eigenvalue weighted by molar-refractivity contribution is 1.21. The number of para-hydroxylation sites is 1. The molecule has 0 unspecified atom stereocenters. The summed E-state index contributed by atoms with van der Waals surface area (Å²) in [5.74, 6) is 0. The first-order valence-corrected chi connectivity index (χ1v) is 9.60. The smallest absolute Gasteiger partial charge is 0.0414 e. The van der Waals surface area contributed by atoms with E-state index in [9.17, 15) is 0 Å². The minimum absolute atomic E-state index is 1.19. The molecule has 28 heavy (non-hydrogen) atoms. The van der Waals surface area contributed by atoms with Gasteiger partial charge in [0.2, 0.25) is 0 Å². The van der Waals surface area contributed by atoms with Crippen LogP contribution in [0.15, 0.2) is 109 Å². The van der Waals surface area contributed by atoms with Gasteiger partial charge in [-0.3, -0.25) is 0 Å². The van der Waals surface area contributed by atoms with E-state index in [0.29, 0.717) is 0 Å². The van der Waals surface area contributed by atoms with Crippen molar-refractivity contribution in [2.75, 3.05) is 11.9 Å². The molecule has 0 fully saturated rings. The third-order valence-electron chi connectivity index (χ3n) is 5.44. The maximum absolute atomic E-state index is 2.28. The number of hydrogen-bond donors (Lipinski definition) is 0. The summed E-state index contributed by atoms with van der Waals surface area (Å²) < 4.78 is 0. The third kappa shape index (κ3) is 3.01. The Bertz CT molecular complexity index is 1270. The quantitative estimate of drug-likeness (QED) is 0.324. The second-order valence-corrected chi connectivity index (χ2v) is 7.20. The number of rotatable bonds is 3. The van der Waals surface area contributed by atoms with Crippen molar-refractivity contribution in [1.82, 2.24) is 0 Å². The Hall–Kier alpha value is -3.58. The molecule has 0 bridgehead atoms. The van der Waals surface area contributed by atoms with Gasteiger partial charge in [0.05, 0.1) is 0 Å². The fourth-order valence-corrected chi connectivity index (χ4v) is 3.79. The van der Waals surface area contributed by atoms with Gasteiger partial charge >= 0.3 is 0 Å². The normalized spacial score (nSPS) is 11.0. The van der Waals surface area contributed by atoms with Crippen LogP contribution in [0.2, 0.25) is 0 Å². The summed E-state index contributed by atoms with van der Waals surface area (Å²) in [5, 5.41) is 5.07. The van der Waals surface area contributed by atoms with E-state index in [2.05, 4.69) is 115 Å². The predicted molar refractivity (Wildman–Crippen MR) is 121 cm³/mol. The Kier molecular flexibility index (Phi) is 4.06. The van der Waals surface area contributed by atoms with Crippen molar-refractivity contribution >= 4 is 32.9 Å². The average Bonchev–Trinajstić information content (AvgIpc) is 2.78. The molecule has 0 saturated carbocycles. The van der Waals surface area contributed by atoms with Crippen LogP contribution in [-0.4, -0.2) is 7.05 Å². The summed E-state index contributed by atoms with van der Waals surface area (Å²) in [6.45, 7) is 0. The summed E-state index contributed by atoms with van der Waals surface area (Å²) in [6, 6.07) is 39.0. The molecule has 0 heterocycles. The van der Waals surface area contributed by atoms with Crippen LogP contribution in [0.25, 0.3) is 32.7 Å². The molecular weight excluding hydrogens is 338 g/mol. The second kappa shape index (κ2) is 6.86. The first-order valence-electron chi connectivity index (χ1n) is 9.60. The van der Waals surface area contributed by atoms with Crippen LogP contribution in [0.1, 0.15) is 0 Å². The van der Waals surface area contributed by atoms with Crippen LogP contribution in [0.5, 0.6) is 0 Å². The lowest BCUT2D eigenvalue weighted by Gasteiger charge is -2.20. The van der Waals surface area contributed by atoms with Crippen molar-refractivity contribution in [2.45, 2.75) is 0 Å². The van der Waals surface area contributed by atoms with Crippen molar-refractivity contribution in [3.8, 4) is 11.1 Å². The molecule has 1 nitrogen and oxygen atoms in total. The Balaban J connectivity index is 1.53. The van der Waals surface area contributed by atoms with Crippen LogP contribution in [0, 0.1) is 0 Å². The van der Waals surface area contributed by atoms with Crippen LogP contribution in [0.4, 0.5) is 11.4 Å². The summed E-state index contributed by atoms with van der Waals surface area (Å²) in [4.78, 5) is 2.22. The summed E-state index contributed by atoms with van der Waals surface area (Å²) >= 11 is 0. The fourth-order valence-electron chi connectivity index (χ4n) is 3.79. The van der Waals surface area contributed by atoms with Gasteiger partial charge < -0.3 is 4.90 Å². The van der Waals surface area contributed by atoms with Crippen LogP contribution >= 0.6 is 0 Å². The Morgan fingerprint density at radius 3 is 1.71 bits per heavy atom. The van der Waals surface area contributed by atoms with E-state index in [4.69, 9.17) is 0 Å². The van der Waals surface area contributed by atoms with E-state index in [0.717, 1.165) is 0 Å². The molecule has 0 aliphatic carbocycles. The lowest BCUT2D eigenvalue weighted by atomic mass is 9.98. The highest BCUT2D eigenvalue weighted by molar-refractivity contribution is 5.92.